The van der Waals surface area contributed by atoms with E-state index in [1.54, 1.807) is 0 Å². The summed E-state index contributed by atoms with van der Waals surface area (Å²) in [4.78, 5) is 0. The van der Waals surface area contributed by atoms with Crippen LogP contribution >= 0.6 is 7.14 Å². The van der Waals surface area contributed by atoms with Gasteiger partial charge >= 0.3 is 0 Å². The van der Waals surface area contributed by atoms with Gasteiger partial charge < -0.3 is 4.57 Å². The van der Waals surface area contributed by atoms with Gasteiger partial charge in [0, 0.05) is 15.9 Å². The van der Waals surface area contributed by atoms with Crippen molar-refractivity contribution in [1.82, 2.24) is 0 Å². The quantitative estimate of drug-likeness (QED) is 0.135. The lowest BCUT2D eigenvalue weighted by Gasteiger charge is -2.21. The van der Waals surface area contributed by atoms with Crippen molar-refractivity contribution in [3.05, 3.63) is 237 Å². The van der Waals surface area contributed by atoms with Crippen molar-refractivity contribution in [2.75, 3.05) is 0 Å². The van der Waals surface area contributed by atoms with Gasteiger partial charge in [-0.3, -0.25) is 0 Å². The third-order valence-corrected chi connectivity index (χ3v) is 13.7. The second-order valence-corrected chi connectivity index (χ2v) is 16.9. The van der Waals surface area contributed by atoms with Crippen molar-refractivity contribution in [2.45, 2.75) is 0 Å². The zero-order valence-electron chi connectivity index (χ0n) is 30.9. The fraction of sp³-hybridized carbons (Fsp3) is 0. The molecular weight excluding hydrogens is 696 g/mol. The smallest absolute Gasteiger partial charge is 0.171 e. The fourth-order valence-electron chi connectivity index (χ4n) is 7.57. The average molecular weight is 735 g/mol. The van der Waals surface area contributed by atoms with Gasteiger partial charge in [-0.25, -0.2) is 0 Å². The van der Waals surface area contributed by atoms with Gasteiger partial charge in [0.2, 0.25) is 0 Å². The van der Waals surface area contributed by atoms with Gasteiger partial charge in [-0.2, -0.15) is 0 Å². The van der Waals surface area contributed by atoms with E-state index < -0.39 is 7.14 Å². The first kappa shape index (κ1) is 34.9. The van der Waals surface area contributed by atoms with Gasteiger partial charge in [0.1, 0.15) is 0 Å². The van der Waals surface area contributed by atoms with Crippen LogP contribution in [-0.4, -0.2) is 0 Å². The molecule has 266 valence electrons. The largest absolute Gasteiger partial charge is 0.309 e. The Morgan fingerprint density at radius 3 is 0.625 bits per heavy atom. The SMILES string of the molecule is O=P(c1ccc(-c2cccc(-c3ccccc3)c2)cc1)(c1ccc(-c2cccc(-c3ccccc3)c2)cc1)c1ccc(-c2cccc(-c3ccccc3)c2)cc1. The topological polar surface area (TPSA) is 17.1 Å². The van der Waals surface area contributed by atoms with E-state index in [2.05, 4.69) is 218 Å². The van der Waals surface area contributed by atoms with E-state index in [1.165, 1.54) is 33.4 Å². The van der Waals surface area contributed by atoms with Crippen LogP contribution < -0.4 is 15.9 Å². The molecule has 0 aliphatic carbocycles. The Bertz CT molecular complexity index is 2460. The van der Waals surface area contributed by atoms with Crippen LogP contribution in [-0.2, 0) is 4.57 Å². The monoisotopic (exact) mass is 734 g/mol. The highest BCUT2D eigenvalue weighted by Gasteiger charge is 2.30. The molecule has 2 heteroatoms. The Hall–Kier alpha value is -6.79. The number of rotatable bonds is 9. The summed E-state index contributed by atoms with van der Waals surface area (Å²) in [6.07, 6.45) is 0. The highest BCUT2D eigenvalue weighted by molar-refractivity contribution is 7.85. The molecule has 0 saturated carbocycles. The highest BCUT2D eigenvalue weighted by Crippen LogP contribution is 2.44. The number of benzene rings is 9. The normalized spacial score (nSPS) is 11.3. The molecule has 9 aromatic carbocycles. The molecule has 9 aromatic rings. The second-order valence-electron chi connectivity index (χ2n) is 14.1. The lowest BCUT2D eigenvalue weighted by molar-refractivity contribution is 0.592. The fourth-order valence-corrected chi connectivity index (χ4v) is 10.2. The van der Waals surface area contributed by atoms with Gasteiger partial charge in [-0.05, 0) is 85.0 Å². The summed E-state index contributed by atoms with van der Waals surface area (Å²) < 4.78 is 15.9. The van der Waals surface area contributed by atoms with Crippen LogP contribution in [0.25, 0.3) is 66.8 Å². The van der Waals surface area contributed by atoms with Crippen molar-refractivity contribution in [2.24, 2.45) is 0 Å². The summed E-state index contributed by atoms with van der Waals surface area (Å²) in [6, 6.07) is 82.1. The standard InChI is InChI=1S/C54H39OP/c55-56(52-31-25-43(26-32-52)49-22-10-19-46(37-49)40-13-4-1-5-14-40,53-33-27-44(28-34-53)50-23-11-20-47(38-50)41-15-6-2-7-16-41)54-35-29-45(30-36-54)51-24-12-21-48(39-51)42-17-8-3-9-18-42/h1-39H. The van der Waals surface area contributed by atoms with Crippen molar-refractivity contribution < 1.29 is 4.57 Å². The summed E-state index contributed by atoms with van der Waals surface area (Å²) in [7, 11) is -3.28. The van der Waals surface area contributed by atoms with Crippen LogP contribution in [0.1, 0.15) is 0 Å². The minimum absolute atomic E-state index is 0.804. The average Bonchev–Trinajstić information content (AvgIpc) is 3.30. The predicted molar refractivity (Wildman–Crippen MR) is 238 cm³/mol. The van der Waals surface area contributed by atoms with Gasteiger partial charge in [-0.15, -0.1) is 0 Å². The molecular formula is C54H39OP. The summed E-state index contributed by atoms with van der Waals surface area (Å²) in [6.45, 7) is 0. The Morgan fingerprint density at radius 2 is 0.393 bits per heavy atom. The molecule has 0 N–H and O–H groups in total. The summed E-state index contributed by atoms with van der Waals surface area (Å²) in [5.41, 5.74) is 13.7. The molecule has 0 amide bonds. The van der Waals surface area contributed by atoms with Crippen LogP contribution in [0.5, 0.6) is 0 Å². The maximum absolute atomic E-state index is 15.9. The van der Waals surface area contributed by atoms with Crippen LogP contribution in [0.15, 0.2) is 237 Å². The lowest BCUT2D eigenvalue weighted by Crippen LogP contribution is -2.25. The Labute approximate surface area is 329 Å². The number of hydrogen-bond acceptors (Lipinski definition) is 1. The second kappa shape index (κ2) is 15.5. The molecule has 0 spiro atoms. The van der Waals surface area contributed by atoms with Crippen molar-refractivity contribution in [1.29, 1.82) is 0 Å². The van der Waals surface area contributed by atoms with Crippen molar-refractivity contribution in [3.8, 4) is 66.8 Å². The third kappa shape index (κ3) is 7.09. The Balaban J connectivity index is 1.09. The van der Waals surface area contributed by atoms with E-state index in [-0.39, 0.29) is 0 Å². The molecule has 0 aliphatic heterocycles. The van der Waals surface area contributed by atoms with Gasteiger partial charge in [-0.1, -0.05) is 218 Å². The van der Waals surface area contributed by atoms with E-state index >= 15 is 4.57 Å². The van der Waals surface area contributed by atoms with E-state index in [1.807, 2.05) is 18.2 Å². The summed E-state index contributed by atoms with van der Waals surface area (Å²) >= 11 is 0. The zero-order chi connectivity index (χ0) is 37.7. The molecule has 0 fully saturated rings. The first-order valence-electron chi connectivity index (χ1n) is 19.0. The molecule has 0 bridgehead atoms. The zero-order valence-corrected chi connectivity index (χ0v) is 31.8. The van der Waals surface area contributed by atoms with Crippen molar-refractivity contribution in [3.63, 3.8) is 0 Å². The Kier molecular flexibility index (Phi) is 9.68. The maximum atomic E-state index is 15.9. The van der Waals surface area contributed by atoms with Crippen LogP contribution in [0.3, 0.4) is 0 Å². The molecule has 1 nitrogen and oxygen atoms in total. The molecule has 0 heterocycles. The summed E-state index contributed by atoms with van der Waals surface area (Å²) in [5.74, 6) is 0. The highest BCUT2D eigenvalue weighted by atomic mass is 31.2. The van der Waals surface area contributed by atoms with Crippen LogP contribution in [0.2, 0.25) is 0 Å². The van der Waals surface area contributed by atoms with E-state index in [4.69, 9.17) is 0 Å². The molecule has 0 aromatic heterocycles. The van der Waals surface area contributed by atoms with Gasteiger partial charge in [0.25, 0.3) is 0 Å². The van der Waals surface area contributed by atoms with Gasteiger partial charge in [0.05, 0.1) is 0 Å². The minimum Gasteiger partial charge on any atom is -0.309 e. The van der Waals surface area contributed by atoms with E-state index in [0.29, 0.717) is 0 Å². The summed E-state index contributed by atoms with van der Waals surface area (Å²) in [5, 5.41) is 2.41. The molecule has 9 rings (SSSR count). The van der Waals surface area contributed by atoms with E-state index in [0.717, 1.165) is 49.3 Å². The maximum Gasteiger partial charge on any atom is 0.171 e. The first-order chi connectivity index (χ1) is 27.6. The van der Waals surface area contributed by atoms with E-state index in [9.17, 15) is 0 Å². The van der Waals surface area contributed by atoms with Crippen LogP contribution in [0, 0.1) is 0 Å². The van der Waals surface area contributed by atoms with Crippen molar-refractivity contribution >= 4 is 23.1 Å². The van der Waals surface area contributed by atoms with Gasteiger partial charge in [0.15, 0.2) is 7.14 Å². The molecule has 0 unspecified atom stereocenters. The molecule has 0 saturated heterocycles. The Morgan fingerprint density at radius 1 is 0.196 bits per heavy atom. The molecule has 0 atom stereocenters. The minimum atomic E-state index is -3.28. The first-order valence-corrected chi connectivity index (χ1v) is 20.7. The number of hydrogen-bond donors (Lipinski definition) is 0. The predicted octanol–water partition coefficient (Wildman–Crippen LogP) is 13.3. The molecule has 0 aliphatic rings. The lowest BCUT2D eigenvalue weighted by atomic mass is 9.99. The third-order valence-electron chi connectivity index (χ3n) is 10.6. The molecule has 0 radical (unpaired) electrons. The van der Waals surface area contributed by atoms with Crippen LogP contribution in [0.4, 0.5) is 0 Å². The molecule has 56 heavy (non-hydrogen) atoms.